The summed E-state index contributed by atoms with van der Waals surface area (Å²) in [5.74, 6) is -1.95. The highest BCUT2D eigenvalue weighted by atomic mass is 32.2. The minimum Gasteiger partial charge on any atom is -0.493 e. The largest absolute Gasteiger partial charge is 0.493 e. The van der Waals surface area contributed by atoms with Gasteiger partial charge < -0.3 is 10.5 Å². The molecule has 2 unspecified atom stereocenters. The van der Waals surface area contributed by atoms with Crippen LogP contribution in [0.1, 0.15) is 23.1 Å². The summed E-state index contributed by atoms with van der Waals surface area (Å²) in [5.41, 5.74) is 6.61. The average Bonchev–Trinajstić information content (AvgIpc) is 3.18. The van der Waals surface area contributed by atoms with E-state index in [1.807, 2.05) is 0 Å². The first kappa shape index (κ1) is 23.4. The molecular weight excluding hydrogens is 457 g/mol. The van der Waals surface area contributed by atoms with Gasteiger partial charge in [-0.2, -0.15) is 10.1 Å². The third-order valence-electron chi connectivity index (χ3n) is 5.80. The number of ether oxygens (including phenoxy) is 1. The van der Waals surface area contributed by atoms with Gasteiger partial charge in [-0.1, -0.05) is 11.8 Å². The van der Waals surface area contributed by atoms with Gasteiger partial charge in [0, 0.05) is 30.2 Å². The fraction of sp³-hybridized carbons (Fsp3) is 0.364. The molecule has 2 aliphatic rings. The molecule has 0 bridgehead atoms. The van der Waals surface area contributed by atoms with Crippen molar-refractivity contribution in [2.45, 2.75) is 18.2 Å². The van der Waals surface area contributed by atoms with E-state index in [0.717, 1.165) is 35.0 Å². The number of urea groups is 1. The number of halogens is 3. The van der Waals surface area contributed by atoms with Crippen molar-refractivity contribution >= 4 is 22.8 Å². The number of hydrogen-bond donors (Lipinski definition) is 1. The second-order valence-corrected chi connectivity index (χ2v) is 9.00. The molecular formula is C22H23F3N4O3S. The van der Waals surface area contributed by atoms with Crippen molar-refractivity contribution in [3.63, 3.8) is 0 Å². The maximum atomic E-state index is 14.7. The number of rotatable bonds is 4. The van der Waals surface area contributed by atoms with Crippen LogP contribution < -0.4 is 10.5 Å². The zero-order valence-electron chi connectivity index (χ0n) is 18.3. The van der Waals surface area contributed by atoms with Gasteiger partial charge in [0.25, 0.3) is 0 Å². The Morgan fingerprint density at radius 2 is 2.09 bits per heavy atom. The number of benzene rings is 2. The summed E-state index contributed by atoms with van der Waals surface area (Å²) in [5, 5.41) is 6.69. The number of carbonyl (C=O) groups excluding carboxylic acids is 1. The Kier molecular flexibility index (Phi) is 6.30. The van der Waals surface area contributed by atoms with Crippen LogP contribution in [0.2, 0.25) is 0 Å². The standard InChI is InChI=1S/C22H23F3N4O3S/c1-12-8-16-19(10-18(12)25)32-11-13(6-7-26)22(16)29(21(30)28(2)31-3)27-20(33-22)15-9-14(23)4-5-17(15)24/h4-5,8-10,13H,6-7,11,26H2,1-3H3. The number of amides is 2. The average molecular weight is 481 g/mol. The fourth-order valence-corrected chi connectivity index (χ4v) is 5.55. The van der Waals surface area contributed by atoms with Crippen molar-refractivity contribution in [3.8, 4) is 5.75 Å². The number of hydroxylamine groups is 2. The lowest BCUT2D eigenvalue weighted by molar-refractivity contribution is -0.0845. The van der Waals surface area contributed by atoms with Crippen molar-refractivity contribution in [3.05, 3.63) is 64.5 Å². The van der Waals surface area contributed by atoms with Crippen LogP contribution in [0.4, 0.5) is 18.0 Å². The third kappa shape index (κ3) is 3.83. The van der Waals surface area contributed by atoms with Crippen LogP contribution in [0.3, 0.4) is 0 Å². The Bertz CT molecular complexity index is 1130. The van der Waals surface area contributed by atoms with E-state index in [1.54, 1.807) is 13.0 Å². The number of thioether (sulfide) groups is 1. The van der Waals surface area contributed by atoms with Crippen molar-refractivity contribution in [1.29, 1.82) is 0 Å². The molecule has 0 fully saturated rings. The predicted molar refractivity (Wildman–Crippen MR) is 118 cm³/mol. The molecule has 2 atom stereocenters. The summed E-state index contributed by atoms with van der Waals surface area (Å²) in [6, 6.07) is 5.23. The third-order valence-corrected chi connectivity index (χ3v) is 7.33. The summed E-state index contributed by atoms with van der Waals surface area (Å²) in [4.78, 5) is 17.2. The smallest absolute Gasteiger partial charge is 0.365 e. The van der Waals surface area contributed by atoms with E-state index in [-0.39, 0.29) is 29.5 Å². The normalized spacial score (nSPS) is 21.6. The summed E-state index contributed by atoms with van der Waals surface area (Å²) >= 11 is 1.09. The second-order valence-electron chi connectivity index (χ2n) is 7.79. The summed E-state index contributed by atoms with van der Waals surface area (Å²) in [6.07, 6.45) is 0.428. The van der Waals surface area contributed by atoms with Gasteiger partial charge in [0.2, 0.25) is 0 Å². The maximum Gasteiger partial charge on any atom is 0.365 e. The van der Waals surface area contributed by atoms with Crippen LogP contribution in [0.25, 0.3) is 0 Å². The molecule has 4 rings (SSSR count). The maximum absolute atomic E-state index is 14.7. The summed E-state index contributed by atoms with van der Waals surface area (Å²) in [6.45, 7) is 1.99. The number of carbonyl (C=O) groups is 1. The predicted octanol–water partition coefficient (Wildman–Crippen LogP) is 3.95. The molecule has 2 N–H and O–H groups in total. The molecule has 1 spiro atoms. The van der Waals surface area contributed by atoms with Crippen molar-refractivity contribution in [1.82, 2.24) is 10.1 Å². The van der Waals surface area contributed by atoms with E-state index in [1.165, 1.54) is 25.2 Å². The van der Waals surface area contributed by atoms with E-state index in [4.69, 9.17) is 15.3 Å². The van der Waals surface area contributed by atoms with Gasteiger partial charge in [-0.15, -0.1) is 0 Å². The van der Waals surface area contributed by atoms with Crippen molar-refractivity contribution < 1.29 is 27.5 Å². The number of nitrogens with zero attached hydrogens (tertiary/aromatic N) is 3. The number of hydrazone groups is 1. The Morgan fingerprint density at radius 1 is 1.33 bits per heavy atom. The second kappa shape index (κ2) is 8.88. The first-order valence-corrected chi connectivity index (χ1v) is 11.0. The molecule has 7 nitrogen and oxygen atoms in total. The summed E-state index contributed by atoms with van der Waals surface area (Å²) in [7, 11) is 2.73. The van der Waals surface area contributed by atoms with Crippen LogP contribution in [0, 0.1) is 30.3 Å². The molecule has 176 valence electrons. The Hall–Kier alpha value is -2.76. The molecule has 2 heterocycles. The van der Waals surface area contributed by atoms with Gasteiger partial charge in [-0.05, 0) is 49.7 Å². The molecule has 0 saturated heterocycles. The van der Waals surface area contributed by atoms with E-state index in [2.05, 4.69) is 5.10 Å². The first-order valence-electron chi connectivity index (χ1n) is 10.2. The lowest BCUT2D eigenvalue weighted by Crippen LogP contribution is -2.54. The fourth-order valence-electron chi connectivity index (χ4n) is 4.03. The van der Waals surface area contributed by atoms with E-state index < -0.39 is 34.3 Å². The van der Waals surface area contributed by atoms with Gasteiger partial charge in [0.15, 0.2) is 4.87 Å². The van der Waals surface area contributed by atoms with Crippen molar-refractivity contribution in [2.24, 2.45) is 16.8 Å². The zero-order chi connectivity index (χ0) is 23.9. The molecule has 0 aromatic heterocycles. The molecule has 2 aromatic rings. The molecule has 0 aliphatic carbocycles. The van der Waals surface area contributed by atoms with Gasteiger partial charge in [-0.3, -0.25) is 4.84 Å². The van der Waals surface area contributed by atoms with E-state index >= 15 is 0 Å². The van der Waals surface area contributed by atoms with Gasteiger partial charge in [0.05, 0.1) is 13.7 Å². The van der Waals surface area contributed by atoms with E-state index in [9.17, 15) is 18.0 Å². The zero-order valence-corrected chi connectivity index (χ0v) is 19.1. The quantitative estimate of drug-likeness (QED) is 0.671. The highest BCUT2D eigenvalue weighted by molar-refractivity contribution is 8.15. The van der Waals surface area contributed by atoms with Crippen LogP contribution in [-0.2, 0) is 9.71 Å². The van der Waals surface area contributed by atoms with Gasteiger partial charge in [0.1, 0.15) is 28.2 Å². The van der Waals surface area contributed by atoms with Crippen LogP contribution >= 0.6 is 11.8 Å². The number of nitrogens with two attached hydrogens (primary N) is 1. The number of hydrogen-bond acceptors (Lipinski definition) is 6. The van der Waals surface area contributed by atoms with Gasteiger partial charge >= 0.3 is 6.03 Å². The highest BCUT2D eigenvalue weighted by Crippen LogP contribution is 2.58. The van der Waals surface area contributed by atoms with Gasteiger partial charge in [-0.25, -0.2) is 23.0 Å². The van der Waals surface area contributed by atoms with E-state index in [0.29, 0.717) is 17.5 Å². The molecule has 33 heavy (non-hydrogen) atoms. The molecule has 2 aromatic carbocycles. The van der Waals surface area contributed by atoms with Crippen LogP contribution in [0.5, 0.6) is 5.75 Å². The molecule has 2 aliphatic heterocycles. The molecule has 0 saturated carbocycles. The minimum atomic E-state index is -1.25. The lowest BCUT2D eigenvalue weighted by atomic mass is 9.86. The minimum absolute atomic E-state index is 0.0897. The van der Waals surface area contributed by atoms with Crippen molar-refractivity contribution in [2.75, 3.05) is 27.3 Å². The topological polar surface area (TPSA) is 80.4 Å². The number of aryl methyl sites for hydroxylation is 1. The Morgan fingerprint density at radius 3 is 2.79 bits per heavy atom. The Balaban J connectivity index is 1.96. The highest BCUT2D eigenvalue weighted by Gasteiger charge is 2.58. The molecule has 11 heteroatoms. The first-order chi connectivity index (χ1) is 15.7. The van der Waals surface area contributed by atoms with Crippen LogP contribution in [-0.4, -0.2) is 48.5 Å². The molecule has 2 amide bonds. The lowest BCUT2D eigenvalue weighted by Gasteiger charge is -2.45. The number of fused-ring (bicyclic) bond motifs is 2. The molecule has 0 radical (unpaired) electrons. The Labute approximate surface area is 193 Å². The monoisotopic (exact) mass is 480 g/mol. The summed E-state index contributed by atoms with van der Waals surface area (Å²) < 4.78 is 48.9. The van der Waals surface area contributed by atoms with Crippen LogP contribution in [0.15, 0.2) is 35.4 Å². The SMILES string of the molecule is CON(C)C(=O)N1N=C(c2cc(F)ccc2F)SC12c1cc(C)c(F)cc1OCC2CCN.